The van der Waals surface area contributed by atoms with Gasteiger partial charge in [-0.1, -0.05) is 6.07 Å². The van der Waals surface area contributed by atoms with Crippen molar-refractivity contribution in [1.82, 2.24) is 0 Å². The number of aryl methyl sites for hydroxylation is 1. The van der Waals surface area contributed by atoms with Crippen LogP contribution in [-0.4, -0.2) is 26.0 Å². The zero-order valence-corrected chi connectivity index (χ0v) is 16.0. The Labute approximate surface area is 158 Å². The lowest BCUT2D eigenvalue weighted by molar-refractivity contribution is -0.117. The highest BCUT2D eigenvalue weighted by molar-refractivity contribution is 6.06. The maximum atomic E-state index is 12.8. The van der Waals surface area contributed by atoms with Crippen LogP contribution in [0.5, 0.6) is 11.5 Å². The first-order valence-corrected chi connectivity index (χ1v) is 8.88. The number of methoxy groups -OCH3 is 2. The lowest BCUT2D eigenvalue weighted by Gasteiger charge is -2.14. The van der Waals surface area contributed by atoms with Crippen molar-refractivity contribution in [2.75, 3.05) is 24.9 Å². The van der Waals surface area contributed by atoms with Gasteiger partial charge in [-0.05, 0) is 56.5 Å². The Morgan fingerprint density at radius 2 is 1.59 bits per heavy atom. The van der Waals surface area contributed by atoms with Crippen LogP contribution < -0.4 is 20.1 Å². The molecule has 2 aromatic carbocycles. The van der Waals surface area contributed by atoms with Gasteiger partial charge in [-0.2, -0.15) is 0 Å². The third-order valence-electron chi connectivity index (χ3n) is 4.72. The SMILES string of the molecule is COc1cc(C(=O)Nc2cc(NC(=O)C3CC3)ccc2C)cc(OC)c1C. The Morgan fingerprint density at radius 1 is 0.963 bits per heavy atom. The Bertz CT molecular complexity index is 863. The third-order valence-corrected chi connectivity index (χ3v) is 4.72. The van der Waals surface area contributed by atoms with Gasteiger partial charge in [0.15, 0.2) is 0 Å². The summed E-state index contributed by atoms with van der Waals surface area (Å²) in [7, 11) is 3.11. The maximum Gasteiger partial charge on any atom is 0.255 e. The van der Waals surface area contributed by atoms with E-state index in [0.717, 1.165) is 24.0 Å². The van der Waals surface area contributed by atoms with Gasteiger partial charge >= 0.3 is 0 Å². The van der Waals surface area contributed by atoms with Gasteiger partial charge in [-0.3, -0.25) is 9.59 Å². The van der Waals surface area contributed by atoms with Crippen molar-refractivity contribution in [3.8, 4) is 11.5 Å². The van der Waals surface area contributed by atoms with Crippen LogP contribution in [0.15, 0.2) is 30.3 Å². The fraction of sp³-hybridized carbons (Fsp3) is 0.333. The van der Waals surface area contributed by atoms with Gasteiger partial charge in [-0.25, -0.2) is 0 Å². The summed E-state index contributed by atoms with van der Waals surface area (Å²) in [6.45, 7) is 3.77. The summed E-state index contributed by atoms with van der Waals surface area (Å²) in [5, 5.41) is 5.80. The summed E-state index contributed by atoms with van der Waals surface area (Å²) in [5.41, 5.74) is 3.48. The van der Waals surface area contributed by atoms with Crippen LogP contribution in [0.25, 0.3) is 0 Å². The number of carbonyl (C=O) groups is 2. The molecule has 1 aliphatic rings. The van der Waals surface area contributed by atoms with E-state index in [2.05, 4.69) is 10.6 Å². The van der Waals surface area contributed by atoms with E-state index in [1.54, 1.807) is 32.4 Å². The lowest BCUT2D eigenvalue weighted by atomic mass is 10.1. The van der Waals surface area contributed by atoms with Crippen molar-refractivity contribution >= 4 is 23.2 Å². The molecule has 27 heavy (non-hydrogen) atoms. The molecule has 1 saturated carbocycles. The fourth-order valence-electron chi connectivity index (χ4n) is 2.84. The number of amides is 2. The molecular formula is C21H24N2O4. The molecule has 0 bridgehead atoms. The smallest absolute Gasteiger partial charge is 0.255 e. The molecule has 2 N–H and O–H groups in total. The van der Waals surface area contributed by atoms with Crippen molar-refractivity contribution in [2.24, 2.45) is 5.92 Å². The Kier molecular flexibility index (Phi) is 5.35. The van der Waals surface area contributed by atoms with Crippen molar-refractivity contribution < 1.29 is 19.1 Å². The monoisotopic (exact) mass is 368 g/mol. The van der Waals surface area contributed by atoms with E-state index in [4.69, 9.17) is 9.47 Å². The van der Waals surface area contributed by atoms with Crippen molar-refractivity contribution in [2.45, 2.75) is 26.7 Å². The average molecular weight is 368 g/mol. The molecular weight excluding hydrogens is 344 g/mol. The molecule has 0 aliphatic heterocycles. The Hall–Kier alpha value is -3.02. The number of rotatable bonds is 6. The molecule has 142 valence electrons. The highest BCUT2D eigenvalue weighted by atomic mass is 16.5. The fourth-order valence-corrected chi connectivity index (χ4v) is 2.84. The Morgan fingerprint density at radius 3 is 2.15 bits per heavy atom. The van der Waals surface area contributed by atoms with Crippen LogP contribution in [0.3, 0.4) is 0 Å². The predicted octanol–water partition coefficient (Wildman–Crippen LogP) is 3.92. The first kappa shape index (κ1) is 18.8. The summed E-state index contributed by atoms with van der Waals surface area (Å²) in [5.74, 6) is 1.05. The largest absolute Gasteiger partial charge is 0.496 e. The molecule has 0 atom stereocenters. The summed E-state index contributed by atoms with van der Waals surface area (Å²) >= 11 is 0. The maximum absolute atomic E-state index is 12.8. The summed E-state index contributed by atoms with van der Waals surface area (Å²) in [6.07, 6.45) is 1.89. The van der Waals surface area contributed by atoms with Gasteiger partial charge in [0.1, 0.15) is 11.5 Å². The van der Waals surface area contributed by atoms with E-state index < -0.39 is 0 Å². The van der Waals surface area contributed by atoms with E-state index >= 15 is 0 Å². The molecule has 0 spiro atoms. The number of nitrogens with one attached hydrogen (secondary N) is 2. The van der Waals surface area contributed by atoms with Gasteiger partial charge in [-0.15, -0.1) is 0 Å². The topological polar surface area (TPSA) is 76.7 Å². The molecule has 2 amide bonds. The second-order valence-electron chi connectivity index (χ2n) is 6.75. The summed E-state index contributed by atoms with van der Waals surface area (Å²) in [4.78, 5) is 24.7. The molecule has 3 rings (SSSR count). The lowest BCUT2D eigenvalue weighted by Crippen LogP contribution is -2.15. The van der Waals surface area contributed by atoms with Gasteiger partial charge in [0.2, 0.25) is 5.91 Å². The van der Waals surface area contributed by atoms with Crippen LogP contribution >= 0.6 is 0 Å². The third kappa shape index (κ3) is 4.22. The zero-order valence-electron chi connectivity index (χ0n) is 16.0. The molecule has 1 fully saturated rings. The molecule has 6 nitrogen and oxygen atoms in total. The molecule has 1 aliphatic carbocycles. The number of anilines is 2. The van der Waals surface area contributed by atoms with Gasteiger partial charge in [0.25, 0.3) is 5.91 Å². The zero-order chi connectivity index (χ0) is 19.6. The number of hydrogen-bond donors (Lipinski definition) is 2. The first-order valence-electron chi connectivity index (χ1n) is 8.88. The summed E-state index contributed by atoms with van der Waals surface area (Å²) < 4.78 is 10.7. The van der Waals surface area contributed by atoms with Crippen molar-refractivity contribution in [1.29, 1.82) is 0 Å². The number of hydrogen-bond acceptors (Lipinski definition) is 4. The van der Waals surface area contributed by atoms with E-state index in [0.29, 0.717) is 28.4 Å². The molecule has 2 aromatic rings. The minimum absolute atomic E-state index is 0.0316. The second kappa shape index (κ2) is 7.70. The van der Waals surface area contributed by atoms with Crippen molar-refractivity contribution in [3.63, 3.8) is 0 Å². The minimum atomic E-state index is -0.277. The van der Waals surface area contributed by atoms with Crippen LogP contribution in [0.2, 0.25) is 0 Å². The van der Waals surface area contributed by atoms with Crippen LogP contribution in [0.4, 0.5) is 11.4 Å². The van der Waals surface area contributed by atoms with E-state index in [1.807, 2.05) is 26.0 Å². The highest BCUT2D eigenvalue weighted by Gasteiger charge is 2.29. The van der Waals surface area contributed by atoms with Gasteiger partial charge in [0, 0.05) is 28.4 Å². The quantitative estimate of drug-likeness (QED) is 0.810. The Balaban J connectivity index is 1.82. The van der Waals surface area contributed by atoms with E-state index in [9.17, 15) is 9.59 Å². The molecule has 0 heterocycles. The molecule has 6 heteroatoms. The standard InChI is InChI=1S/C21H24N2O4/c1-12-5-8-16(22-20(24)14-6-7-14)11-17(12)23-21(25)15-9-18(26-3)13(2)19(10-15)27-4/h5,8-11,14H,6-7H2,1-4H3,(H,22,24)(H,23,25). The molecule has 0 saturated heterocycles. The number of carbonyl (C=O) groups excluding carboxylic acids is 2. The van der Waals surface area contributed by atoms with Crippen molar-refractivity contribution in [3.05, 3.63) is 47.0 Å². The van der Waals surface area contributed by atoms with Gasteiger partial charge < -0.3 is 20.1 Å². The van der Waals surface area contributed by atoms with Crippen LogP contribution in [0, 0.1) is 19.8 Å². The average Bonchev–Trinajstić information content (AvgIpc) is 3.49. The van der Waals surface area contributed by atoms with E-state index in [1.165, 1.54) is 0 Å². The van der Waals surface area contributed by atoms with E-state index in [-0.39, 0.29) is 17.7 Å². The minimum Gasteiger partial charge on any atom is -0.496 e. The molecule has 0 aromatic heterocycles. The molecule has 0 radical (unpaired) electrons. The summed E-state index contributed by atoms with van der Waals surface area (Å²) in [6, 6.07) is 8.84. The predicted molar refractivity (Wildman–Crippen MR) is 105 cm³/mol. The highest BCUT2D eigenvalue weighted by Crippen LogP contribution is 2.32. The van der Waals surface area contributed by atoms with Crippen LogP contribution in [0.1, 0.15) is 34.3 Å². The number of benzene rings is 2. The van der Waals surface area contributed by atoms with Crippen LogP contribution in [-0.2, 0) is 4.79 Å². The van der Waals surface area contributed by atoms with Gasteiger partial charge in [0.05, 0.1) is 14.2 Å². The second-order valence-corrected chi connectivity index (χ2v) is 6.75. The first-order chi connectivity index (χ1) is 12.9. The number of ether oxygens (including phenoxy) is 2. The normalized spacial score (nSPS) is 13.0. The molecule has 0 unspecified atom stereocenters.